The van der Waals surface area contributed by atoms with Gasteiger partial charge < -0.3 is 10.6 Å². The fourth-order valence-corrected chi connectivity index (χ4v) is 2.54. The molecular formula is C15H19FN2O2. The topological polar surface area (TPSA) is 63.4 Å². The Morgan fingerprint density at radius 3 is 2.80 bits per heavy atom. The molecule has 1 aliphatic rings. The van der Waals surface area contributed by atoms with E-state index in [1.54, 1.807) is 23.1 Å². The summed E-state index contributed by atoms with van der Waals surface area (Å²) in [5.74, 6) is -0.925. The lowest BCUT2D eigenvalue weighted by molar-refractivity contribution is -0.134. The third-order valence-electron chi connectivity index (χ3n) is 3.74. The number of aryl methyl sites for hydroxylation is 1. The van der Waals surface area contributed by atoms with Crippen LogP contribution in [0.4, 0.5) is 4.39 Å². The first kappa shape index (κ1) is 14.5. The molecule has 1 fully saturated rings. The van der Waals surface area contributed by atoms with Crippen molar-refractivity contribution >= 4 is 11.8 Å². The number of primary amides is 1. The first-order valence-electron chi connectivity index (χ1n) is 6.88. The monoisotopic (exact) mass is 278 g/mol. The van der Waals surface area contributed by atoms with Gasteiger partial charge in [0.05, 0.1) is 5.92 Å². The maximum absolute atomic E-state index is 13.5. The van der Waals surface area contributed by atoms with E-state index < -0.39 is 0 Å². The second kappa shape index (κ2) is 6.50. The van der Waals surface area contributed by atoms with Crippen molar-refractivity contribution in [2.45, 2.75) is 25.7 Å². The standard InChI is InChI=1S/C15H19FN2O2/c16-13-6-2-1-4-11(13)7-8-14(19)18-9-3-5-12(10-18)15(17)20/h1-2,4,6,12H,3,5,7-10H2,(H2,17,20). The summed E-state index contributed by atoms with van der Waals surface area (Å²) in [5, 5.41) is 0. The Bertz CT molecular complexity index is 504. The maximum atomic E-state index is 13.5. The first-order valence-corrected chi connectivity index (χ1v) is 6.88. The Morgan fingerprint density at radius 2 is 2.10 bits per heavy atom. The van der Waals surface area contributed by atoms with E-state index in [-0.39, 0.29) is 30.0 Å². The highest BCUT2D eigenvalue weighted by Crippen LogP contribution is 2.18. The fraction of sp³-hybridized carbons (Fsp3) is 0.467. The van der Waals surface area contributed by atoms with Gasteiger partial charge in [0.25, 0.3) is 0 Å². The van der Waals surface area contributed by atoms with Crippen molar-refractivity contribution in [3.63, 3.8) is 0 Å². The summed E-state index contributed by atoms with van der Waals surface area (Å²) in [6.07, 6.45) is 2.17. The van der Waals surface area contributed by atoms with Crippen molar-refractivity contribution < 1.29 is 14.0 Å². The zero-order valence-corrected chi connectivity index (χ0v) is 11.3. The number of likely N-dealkylation sites (tertiary alicyclic amines) is 1. The minimum absolute atomic E-state index is 0.0424. The van der Waals surface area contributed by atoms with Crippen molar-refractivity contribution in [1.82, 2.24) is 4.90 Å². The van der Waals surface area contributed by atoms with Gasteiger partial charge in [-0.1, -0.05) is 18.2 Å². The molecule has 1 aromatic rings. The van der Waals surface area contributed by atoms with Crippen LogP contribution in [0.25, 0.3) is 0 Å². The molecular weight excluding hydrogens is 259 g/mol. The molecule has 108 valence electrons. The van der Waals surface area contributed by atoms with Crippen LogP contribution in [0.5, 0.6) is 0 Å². The molecule has 1 atom stereocenters. The van der Waals surface area contributed by atoms with Crippen molar-refractivity contribution in [1.29, 1.82) is 0 Å². The lowest BCUT2D eigenvalue weighted by Crippen LogP contribution is -2.44. The van der Waals surface area contributed by atoms with Crippen LogP contribution in [0.1, 0.15) is 24.8 Å². The molecule has 0 aromatic heterocycles. The summed E-state index contributed by atoms with van der Waals surface area (Å²) in [6, 6.07) is 6.46. The predicted molar refractivity (Wildman–Crippen MR) is 73.2 cm³/mol. The van der Waals surface area contributed by atoms with Gasteiger partial charge in [-0.05, 0) is 30.9 Å². The van der Waals surface area contributed by atoms with Gasteiger partial charge in [-0.25, -0.2) is 4.39 Å². The molecule has 1 aliphatic heterocycles. The first-order chi connectivity index (χ1) is 9.58. The number of piperidine rings is 1. The number of halogens is 1. The van der Waals surface area contributed by atoms with Gasteiger partial charge in [0, 0.05) is 19.5 Å². The number of nitrogens with zero attached hydrogens (tertiary/aromatic N) is 1. The quantitative estimate of drug-likeness (QED) is 0.906. The third-order valence-corrected chi connectivity index (χ3v) is 3.74. The Balaban J connectivity index is 1.89. The highest BCUT2D eigenvalue weighted by atomic mass is 19.1. The van der Waals surface area contributed by atoms with Crippen LogP contribution in [-0.2, 0) is 16.0 Å². The SMILES string of the molecule is NC(=O)C1CCCN(C(=O)CCc2ccccc2F)C1. The average molecular weight is 278 g/mol. The molecule has 0 saturated carbocycles. The smallest absolute Gasteiger partial charge is 0.222 e. The van der Waals surface area contributed by atoms with Crippen LogP contribution in [-0.4, -0.2) is 29.8 Å². The summed E-state index contributed by atoms with van der Waals surface area (Å²) in [4.78, 5) is 24.9. The minimum atomic E-state index is -0.350. The summed E-state index contributed by atoms with van der Waals surface area (Å²) in [7, 11) is 0. The van der Waals surface area contributed by atoms with Gasteiger partial charge >= 0.3 is 0 Å². The molecule has 1 aromatic carbocycles. The Morgan fingerprint density at radius 1 is 1.35 bits per heavy atom. The molecule has 0 aliphatic carbocycles. The van der Waals surface area contributed by atoms with Crippen LogP contribution in [0, 0.1) is 11.7 Å². The number of amides is 2. The van der Waals surface area contributed by atoms with Gasteiger partial charge in [0.2, 0.25) is 11.8 Å². The van der Waals surface area contributed by atoms with E-state index in [4.69, 9.17) is 5.73 Å². The number of hydrogen-bond acceptors (Lipinski definition) is 2. The maximum Gasteiger partial charge on any atom is 0.222 e. The highest BCUT2D eigenvalue weighted by molar-refractivity contribution is 5.80. The van der Waals surface area contributed by atoms with Crippen molar-refractivity contribution in [3.8, 4) is 0 Å². The van der Waals surface area contributed by atoms with E-state index in [9.17, 15) is 14.0 Å². The normalized spacial score (nSPS) is 18.9. The molecule has 1 heterocycles. The molecule has 5 heteroatoms. The van der Waals surface area contributed by atoms with E-state index in [2.05, 4.69) is 0 Å². The van der Waals surface area contributed by atoms with Gasteiger partial charge in [0.1, 0.15) is 5.82 Å². The van der Waals surface area contributed by atoms with E-state index >= 15 is 0 Å². The van der Waals surface area contributed by atoms with E-state index in [0.29, 0.717) is 25.1 Å². The van der Waals surface area contributed by atoms with Crippen molar-refractivity contribution in [3.05, 3.63) is 35.6 Å². The third kappa shape index (κ3) is 3.56. The Labute approximate surface area is 117 Å². The Kier molecular flexibility index (Phi) is 4.71. The lowest BCUT2D eigenvalue weighted by Gasteiger charge is -2.31. The predicted octanol–water partition coefficient (Wildman–Crippen LogP) is 1.48. The van der Waals surface area contributed by atoms with E-state index in [1.807, 2.05) is 0 Å². The van der Waals surface area contributed by atoms with Crippen LogP contribution in [0.15, 0.2) is 24.3 Å². The van der Waals surface area contributed by atoms with Crippen LogP contribution < -0.4 is 5.73 Å². The number of hydrogen-bond donors (Lipinski definition) is 1. The number of carbonyl (C=O) groups excluding carboxylic acids is 2. The van der Waals surface area contributed by atoms with Crippen LogP contribution in [0.2, 0.25) is 0 Å². The molecule has 0 bridgehead atoms. The summed E-state index contributed by atoms with van der Waals surface area (Å²) >= 11 is 0. The average Bonchev–Trinajstić information content (AvgIpc) is 2.46. The summed E-state index contributed by atoms with van der Waals surface area (Å²) < 4.78 is 13.5. The van der Waals surface area contributed by atoms with E-state index in [1.165, 1.54) is 6.07 Å². The van der Waals surface area contributed by atoms with Crippen LogP contribution in [0.3, 0.4) is 0 Å². The highest BCUT2D eigenvalue weighted by Gasteiger charge is 2.26. The number of benzene rings is 1. The Hall–Kier alpha value is -1.91. The molecule has 1 unspecified atom stereocenters. The molecule has 1 saturated heterocycles. The van der Waals surface area contributed by atoms with Gasteiger partial charge in [-0.3, -0.25) is 9.59 Å². The van der Waals surface area contributed by atoms with E-state index in [0.717, 1.165) is 12.8 Å². The molecule has 2 amide bonds. The van der Waals surface area contributed by atoms with Crippen molar-refractivity contribution in [2.24, 2.45) is 11.7 Å². The minimum Gasteiger partial charge on any atom is -0.369 e. The van der Waals surface area contributed by atoms with Gasteiger partial charge in [-0.15, -0.1) is 0 Å². The second-order valence-corrected chi connectivity index (χ2v) is 5.17. The van der Waals surface area contributed by atoms with Gasteiger partial charge in [-0.2, -0.15) is 0 Å². The molecule has 2 N–H and O–H groups in total. The zero-order chi connectivity index (χ0) is 14.5. The van der Waals surface area contributed by atoms with Crippen molar-refractivity contribution in [2.75, 3.05) is 13.1 Å². The number of rotatable bonds is 4. The van der Waals surface area contributed by atoms with Crippen LogP contribution >= 0.6 is 0 Å². The van der Waals surface area contributed by atoms with Gasteiger partial charge in [0.15, 0.2) is 0 Å². The molecule has 0 spiro atoms. The lowest BCUT2D eigenvalue weighted by atomic mass is 9.97. The zero-order valence-electron chi connectivity index (χ0n) is 11.3. The fourth-order valence-electron chi connectivity index (χ4n) is 2.54. The number of carbonyl (C=O) groups is 2. The second-order valence-electron chi connectivity index (χ2n) is 5.17. The molecule has 4 nitrogen and oxygen atoms in total. The summed E-state index contributed by atoms with van der Waals surface area (Å²) in [5.41, 5.74) is 5.83. The number of nitrogens with two attached hydrogens (primary N) is 1. The molecule has 20 heavy (non-hydrogen) atoms. The molecule has 2 rings (SSSR count). The molecule has 0 radical (unpaired) electrons. The largest absolute Gasteiger partial charge is 0.369 e. The summed E-state index contributed by atoms with van der Waals surface area (Å²) in [6.45, 7) is 1.05.